The van der Waals surface area contributed by atoms with Gasteiger partial charge in [-0.25, -0.2) is 8.42 Å². The molecule has 0 aliphatic carbocycles. The molecule has 1 amide bonds. The van der Waals surface area contributed by atoms with Crippen LogP contribution in [-0.4, -0.2) is 44.5 Å². The SMILES string of the molecule is CCCCC(N=C1NS(=O)(=O)c2ccccc21)C(=O)Nc1ccc(=O)n(CCOC)c1. The molecule has 2 heterocycles. The molecule has 0 spiro atoms. The number of sulfonamides is 1. The van der Waals surface area contributed by atoms with Gasteiger partial charge in [-0.3, -0.25) is 19.3 Å². The smallest absolute Gasteiger partial charge is 0.263 e. The maximum atomic E-state index is 13.0. The van der Waals surface area contributed by atoms with E-state index in [0.29, 0.717) is 30.8 Å². The van der Waals surface area contributed by atoms with Crippen LogP contribution in [0.15, 0.2) is 57.3 Å². The molecule has 3 rings (SSSR count). The van der Waals surface area contributed by atoms with Crippen molar-refractivity contribution in [2.75, 3.05) is 19.0 Å². The number of pyridine rings is 1. The Balaban J connectivity index is 1.86. The summed E-state index contributed by atoms with van der Waals surface area (Å²) in [5, 5.41) is 2.79. The van der Waals surface area contributed by atoms with E-state index in [-0.39, 0.29) is 22.2 Å². The second-order valence-corrected chi connectivity index (χ2v) is 8.82. The van der Waals surface area contributed by atoms with E-state index in [9.17, 15) is 18.0 Å². The summed E-state index contributed by atoms with van der Waals surface area (Å²) in [5.74, 6) is -0.210. The molecule has 166 valence electrons. The van der Waals surface area contributed by atoms with E-state index in [4.69, 9.17) is 4.74 Å². The maximum absolute atomic E-state index is 13.0. The number of ether oxygens (including phenoxy) is 1. The number of carbonyl (C=O) groups excluding carboxylic acids is 1. The van der Waals surface area contributed by atoms with Gasteiger partial charge in [-0.15, -0.1) is 0 Å². The number of benzene rings is 1. The van der Waals surface area contributed by atoms with Gasteiger partial charge >= 0.3 is 0 Å². The summed E-state index contributed by atoms with van der Waals surface area (Å²) in [6, 6.07) is 8.64. The number of unbranched alkanes of at least 4 members (excludes halogenated alkanes) is 1. The molecule has 0 radical (unpaired) electrons. The summed E-state index contributed by atoms with van der Waals surface area (Å²) in [5.41, 5.74) is 0.703. The fraction of sp³-hybridized carbons (Fsp3) is 0.381. The van der Waals surface area contributed by atoms with Crippen molar-refractivity contribution in [3.63, 3.8) is 0 Å². The van der Waals surface area contributed by atoms with Gasteiger partial charge < -0.3 is 14.6 Å². The molecule has 31 heavy (non-hydrogen) atoms. The van der Waals surface area contributed by atoms with Crippen molar-refractivity contribution in [2.45, 2.75) is 43.7 Å². The summed E-state index contributed by atoms with van der Waals surface area (Å²) in [6.45, 7) is 2.73. The first-order valence-electron chi connectivity index (χ1n) is 10.1. The fourth-order valence-corrected chi connectivity index (χ4v) is 4.47. The van der Waals surface area contributed by atoms with Gasteiger partial charge in [0.15, 0.2) is 0 Å². The first-order valence-corrected chi connectivity index (χ1v) is 11.5. The van der Waals surface area contributed by atoms with Crippen LogP contribution >= 0.6 is 0 Å². The zero-order valence-corrected chi connectivity index (χ0v) is 18.3. The molecule has 1 aliphatic heterocycles. The Morgan fingerprint density at radius 3 is 2.77 bits per heavy atom. The van der Waals surface area contributed by atoms with Crippen LogP contribution in [-0.2, 0) is 26.1 Å². The normalized spacial score (nSPS) is 16.5. The maximum Gasteiger partial charge on any atom is 0.263 e. The number of methoxy groups -OCH3 is 1. The quantitative estimate of drug-likeness (QED) is 0.608. The third-order valence-electron chi connectivity index (χ3n) is 4.87. The lowest BCUT2D eigenvalue weighted by atomic mass is 10.1. The molecule has 0 fully saturated rings. The summed E-state index contributed by atoms with van der Waals surface area (Å²) in [4.78, 5) is 29.5. The number of aromatic nitrogens is 1. The highest BCUT2D eigenvalue weighted by atomic mass is 32.2. The number of carbonyl (C=O) groups is 1. The highest BCUT2D eigenvalue weighted by Gasteiger charge is 2.31. The number of amidine groups is 1. The Morgan fingerprint density at radius 1 is 1.26 bits per heavy atom. The standard InChI is InChI=1S/C21H26N4O5S/c1-3-4-8-17(23-20-16-7-5-6-9-18(16)31(28,29)24-20)21(27)22-15-10-11-19(26)25(14-15)12-13-30-2/h5-7,9-11,14,17H,3-4,8,12-13H2,1-2H3,(H,22,27)(H,23,24). The zero-order chi connectivity index (χ0) is 22.4. The second kappa shape index (κ2) is 9.88. The topological polar surface area (TPSA) is 119 Å². The van der Waals surface area contributed by atoms with Crippen LogP contribution in [0.25, 0.3) is 0 Å². The number of anilines is 1. The molecule has 9 nitrogen and oxygen atoms in total. The minimum absolute atomic E-state index is 0.147. The molecule has 10 heteroatoms. The van der Waals surface area contributed by atoms with Crippen molar-refractivity contribution in [1.82, 2.24) is 9.29 Å². The van der Waals surface area contributed by atoms with Gasteiger partial charge in [-0.05, 0) is 24.6 Å². The van der Waals surface area contributed by atoms with Crippen LogP contribution in [0.5, 0.6) is 0 Å². The minimum atomic E-state index is -3.69. The molecule has 2 aromatic rings. The van der Waals surface area contributed by atoms with Gasteiger partial charge in [0.05, 0.1) is 17.2 Å². The van der Waals surface area contributed by atoms with Crippen LogP contribution in [0.4, 0.5) is 5.69 Å². The summed E-state index contributed by atoms with van der Waals surface area (Å²) in [7, 11) is -2.14. The van der Waals surface area contributed by atoms with E-state index in [0.717, 1.165) is 12.8 Å². The van der Waals surface area contributed by atoms with Crippen molar-refractivity contribution >= 4 is 27.5 Å². The lowest BCUT2D eigenvalue weighted by molar-refractivity contribution is -0.117. The largest absolute Gasteiger partial charge is 0.383 e. The molecule has 0 saturated heterocycles. The van der Waals surface area contributed by atoms with E-state index >= 15 is 0 Å². The van der Waals surface area contributed by atoms with Gasteiger partial charge in [0.25, 0.3) is 15.6 Å². The Hall–Kier alpha value is -2.98. The first kappa shape index (κ1) is 22.7. The van der Waals surface area contributed by atoms with E-state index in [1.165, 1.54) is 22.8 Å². The van der Waals surface area contributed by atoms with Crippen molar-refractivity contribution in [2.24, 2.45) is 4.99 Å². The predicted molar refractivity (Wildman–Crippen MR) is 118 cm³/mol. The van der Waals surface area contributed by atoms with Crippen molar-refractivity contribution in [1.29, 1.82) is 0 Å². The third-order valence-corrected chi connectivity index (χ3v) is 6.27. The number of aliphatic imine (C=N–C) groups is 1. The highest BCUT2D eigenvalue weighted by molar-refractivity contribution is 7.90. The molecule has 2 N–H and O–H groups in total. The molecular formula is C21H26N4O5S. The van der Waals surface area contributed by atoms with Crippen LogP contribution in [0.3, 0.4) is 0 Å². The van der Waals surface area contributed by atoms with Crippen LogP contribution in [0, 0.1) is 0 Å². The molecule has 1 unspecified atom stereocenters. The number of rotatable bonds is 9. The van der Waals surface area contributed by atoms with E-state index in [2.05, 4.69) is 15.0 Å². The van der Waals surface area contributed by atoms with E-state index in [1.807, 2.05) is 6.92 Å². The molecule has 0 saturated carbocycles. The number of hydrogen-bond donors (Lipinski definition) is 2. The van der Waals surface area contributed by atoms with Crippen LogP contribution in [0.2, 0.25) is 0 Å². The Bertz CT molecular complexity index is 1140. The van der Waals surface area contributed by atoms with Gasteiger partial charge in [0.1, 0.15) is 11.9 Å². The average molecular weight is 447 g/mol. The number of nitrogens with zero attached hydrogens (tertiary/aromatic N) is 2. The fourth-order valence-electron chi connectivity index (χ4n) is 3.23. The number of fused-ring (bicyclic) bond motifs is 1. The van der Waals surface area contributed by atoms with Crippen molar-refractivity contribution in [3.05, 3.63) is 58.5 Å². The van der Waals surface area contributed by atoms with E-state index < -0.39 is 16.1 Å². The molecule has 0 bridgehead atoms. The lowest BCUT2D eigenvalue weighted by Crippen LogP contribution is -2.31. The molecular weight excluding hydrogens is 420 g/mol. The Kier molecular flexibility index (Phi) is 7.24. The second-order valence-electron chi connectivity index (χ2n) is 7.17. The zero-order valence-electron chi connectivity index (χ0n) is 17.5. The Labute approximate surface area is 181 Å². The minimum Gasteiger partial charge on any atom is -0.383 e. The van der Waals surface area contributed by atoms with Gasteiger partial charge in [-0.1, -0.05) is 31.9 Å². The summed E-state index contributed by atoms with van der Waals surface area (Å²) in [6.07, 6.45) is 3.62. The van der Waals surface area contributed by atoms with Gasteiger partial charge in [-0.2, -0.15) is 0 Å². The molecule has 1 aliphatic rings. The number of hydrogen-bond acceptors (Lipinski definition) is 6. The van der Waals surface area contributed by atoms with E-state index in [1.54, 1.807) is 31.5 Å². The van der Waals surface area contributed by atoms with Gasteiger partial charge in [0.2, 0.25) is 5.91 Å². The number of nitrogens with one attached hydrogen (secondary N) is 2. The lowest BCUT2D eigenvalue weighted by Gasteiger charge is -2.15. The van der Waals surface area contributed by atoms with Crippen molar-refractivity contribution < 1.29 is 17.9 Å². The van der Waals surface area contributed by atoms with Gasteiger partial charge in [0, 0.05) is 31.5 Å². The summed E-state index contributed by atoms with van der Waals surface area (Å²) >= 11 is 0. The molecule has 1 aromatic heterocycles. The molecule has 1 atom stereocenters. The highest BCUT2D eigenvalue weighted by Crippen LogP contribution is 2.23. The summed E-state index contributed by atoms with van der Waals surface area (Å²) < 4.78 is 33.6. The monoisotopic (exact) mass is 446 g/mol. The first-order chi connectivity index (χ1) is 14.9. The average Bonchev–Trinajstić information content (AvgIpc) is 3.01. The van der Waals surface area contributed by atoms with Crippen molar-refractivity contribution in [3.8, 4) is 0 Å². The number of amides is 1. The predicted octanol–water partition coefficient (Wildman–Crippen LogP) is 1.73. The third kappa shape index (κ3) is 5.39. The Morgan fingerprint density at radius 2 is 2.03 bits per heavy atom. The van der Waals surface area contributed by atoms with Crippen LogP contribution < -0.4 is 15.6 Å². The van der Waals surface area contributed by atoms with Crippen LogP contribution in [0.1, 0.15) is 31.7 Å². The molecule has 1 aromatic carbocycles.